The molecule has 6 nitrogen and oxygen atoms in total. The fraction of sp³-hybridized carbons (Fsp3) is 0.133. The van der Waals surface area contributed by atoms with E-state index in [4.69, 9.17) is 9.84 Å². The van der Waals surface area contributed by atoms with Gasteiger partial charge in [0, 0.05) is 6.20 Å². The number of carboxylic acids is 1. The van der Waals surface area contributed by atoms with Crippen LogP contribution in [-0.4, -0.2) is 28.6 Å². The fourth-order valence-corrected chi connectivity index (χ4v) is 1.70. The summed E-state index contributed by atoms with van der Waals surface area (Å²) in [5.41, 5.74) is 1.10. The summed E-state index contributed by atoms with van der Waals surface area (Å²) in [6, 6.07) is 10.8. The molecule has 2 aromatic rings. The molecule has 21 heavy (non-hydrogen) atoms. The van der Waals surface area contributed by atoms with Crippen molar-refractivity contribution in [2.24, 2.45) is 0 Å². The first-order valence-corrected chi connectivity index (χ1v) is 6.25. The highest BCUT2D eigenvalue weighted by atomic mass is 16.5. The van der Waals surface area contributed by atoms with Gasteiger partial charge in [0.25, 0.3) is 0 Å². The second-order valence-electron chi connectivity index (χ2n) is 4.25. The van der Waals surface area contributed by atoms with Crippen LogP contribution in [0.2, 0.25) is 0 Å². The molecule has 0 aliphatic carbocycles. The van der Waals surface area contributed by atoms with E-state index < -0.39 is 11.9 Å². The van der Waals surface area contributed by atoms with Crippen molar-refractivity contribution in [2.75, 3.05) is 11.9 Å². The van der Waals surface area contributed by atoms with Gasteiger partial charge in [0.1, 0.15) is 6.61 Å². The fourth-order valence-electron chi connectivity index (χ4n) is 1.70. The summed E-state index contributed by atoms with van der Waals surface area (Å²) in [4.78, 5) is 26.5. The van der Waals surface area contributed by atoms with Crippen molar-refractivity contribution in [3.63, 3.8) is 0 Å². The SMILES string of the molecule is O=C(COCc1ccccc1)Nc1cnccc1C(=O)O. The number of nitrogens with zero attached hydrogens (tertiary/aromatic N) is 1. The molecular formula is C15H14N2O4. The highest BCUT2D eigenvalue weighted by Crippen LogP contribution is 2.13. The van der Waals surface area contributed by atoms with Crippen molar-refractivity contribution in [2.45, 2.75) is 6.61 Å². The number of pyridine rings is 1. The van der Waals surface area contributed by atoms with Gasteiger partial charge in [0.2, 0.25) is 5.91 Å². The molecule has 0 aliphatic rings. The van der Waals surface area contributed by atoms with Gasteiger partial charge in [-0.25, -0.2) is 4.79 Å². The van der Waals surface area contributed by atoms with Crippen molar-refractivity contribution < 1.29 is 19.4 Å². The Balaban J connectivity index is 1.86. The number of amides is 1. The number of aromatic nitrogens is 1. The average Bonchev–Trinajstić information content (AvgIpc) is 2.48. The first-order chi connectivity index (χ1) is 10.2. The summed E-state index contributed by atoms with van der Waals surface area (Å²) in [5.74, 6) is -1.56. The average molecular weight is 286 g/mol. The number of hydrogen-bond acceptors (Lipinski definition) is 4. The van der Waals surface area contributed by atoms with E-state index in [1.807, 2.05) is 30.3 Å². The topological polar surface area (TPSA) is 88.5 Å². The molecule has 1 heterocycles. The van der Waals surface area contributed by atoms with Crippen molar-refractivity contribution in [3.05, 3.63) is 59.9 Å². The summed E-state index contributed by atoms with van der Waals surface area (Å²) in [6.45, 7) is 0.149. The number of carbonyl (C=O) groups is 2. The van der Waals surface area contributed by atoms with Crippen LogP contribution < -0.4 is 5.32 Å². The number of benzene rings is 1. The number of aromatic carboxylic acids is 1. The maximum Gasteiger partial charge on any atom is 0.337 e. The van der Waals surface area contributed by atoms with Gasteiger partial charge < -0.3 is 15.2 Å². The Bertz CT molecular complexity index is 629. The van der Waals surface area contributed by atoms with Crippen LogP contribution in [0.25, 0.3) is 0 Å². The lowest BCUT2D eigenvalue weighted by Gasteiger charge is -2.08. The highest BCUT2D eigenvalue weighted by molar-refractivity contribution is 6.00. The summed E-state index contributed by atoms with van der Waals surface area (Å²) >= 11 is 0. The van der Waals surface area contributed by atoms with Crippen LogP contribution in [0.5, 0.6) is 0 Å². The number of anilines is 1. The maximum absolute atomic E-state index is 11.7. The third-order valence-corrected chi connectivity index (χ3v) is 2.67. The van der Waals surface area contributed by atoms with Gasteiger partial charge >= 0.3 is 5.97 Å². The summed E-state index contributed by atoms with van der Waals surface area (Å²) in [7, 11) is 0. The number of hydrogen-bond donors (Lipinski definition) is 2. The van der Waals surface area contributed by atoms with Crippen molar-refractivity contribution in [1.82, 2.24) is 4.98 Å². The molecule has 1 amide bonds. The smallest absolute Gasteiger partial charge is 0.337 e. The normalized spacial score (nSPS) is 10.1. The van der Waals surface area contributed by atoms with Gasteiger partial charge in [-0.2, -0.15) is 0 Å². The molecule has 0 atom stereocenters. The maximum atomic E-state index is 11.7. The Morgan fingerprint density at radius 2 is 1.95 bits per heavy atom. The summed E-state index contributed by atoms with van der Waals surface area (Å²) in [5, 5.41) is 11.5. The third kappa shape index (κ3) is 4.39. The first kappa shape index (κ1) is 14.7. The van der Waals surface area contributed by atoms with Crippen LogP contribution in [0, 0.1) is 0 Å². The third-order valence-electron chi connectivity index (χ3n) is 2.67. The zero-order valence-corrected chi connectivity index (χ0v) is 11.2. The lowest BCUT2D eigenvalue weighted by molar-refractivity contribution is -0.121. The second kappa shape index (κ2) is 7.16. The Hall–Kier alpha value is -2.73. The molecule has 0 saturated heterocycles. The van der Waals surface area contributed by atoms with Crippen LogP contribution in [0.3, 0.4) is 0 Å². The quantitative estimate of drug-likeness (QED) is 0.847. The predicted octanol–water partition coefficient (Wildman–Crippen LogP) is 1.94. The van der Waals surface area contributed by atoms with Crippen molar-refractivity contribution in [1.29, 1.82) is 0 Å². The Labute approximate surface area is 121 Å². The zero-order chi connectivity index (χ0) is 15.1. The molecule has 2 N–H and O–H groups in total. The molecule has 108 valence electrons. The van der Waals surface area contributed by atoms with Crippen LogP contribution in [0.15, 0.2) is 48.8 Å². The first-order valence-electron chi connectivity index (χ1n) is 6.25. The molecule has 0 saturated carbocycles. The van der Waals surface area contributed by atoms with Gasteiger partial charge in [-0.1, -0.05) is 30.3 Å². The minimum absolute atomic E-state index is 0.0126. The number of rotatable bonds is 6. The molecule has 1 aromatic carbocycles. The second-order valence-corrected chi connectivity index (χ2v) is 4.25. The number of ether oxygens (including phenoxy) is 1. The Morgan fingerprint density at radius 3 is 2.67 bits per heavy atom. The standard InChI is InChI=1S/C15H14N2O4/c18-14(10-21-9-11-4-2-1-3-5-11)17-13-8-16-7-6-12(13)15(19)20/h1-8H,9-10H2,(H,17,18)(H,19,20). The van der Waals surface area contributed by atoms with E-state index >= 15 is 0 Å². The number of carbonyl (C=O) groups excluding carboxylic acids is 1. The van der Waals surface area contributed by atoms with E-state index in [0.29, 0.717) is 6.61 Å². The molecular weight excluding hydrogens is 272 g/mol. The van der Waals surface area contributed by atoms with Gasteiger partial charge in [-0.05, 0) is 11.6 Å². The van der Waals surface area contributed by atoms with E-state index in [0.717, 1.165) is 5.56 Å². The molecule has 0 unspecified atom stereocenters. The molecule has 0 aliphatic heterocycles. The monoisotopic (exact) mass is 286 g/mol. The largest absolute Gasteiger partial charge is 0.478 e. The van der Waals surface area contributed by atoms with Crippen LogP contribution >= 0.6 is 0 Å². The Morgan fingerprint density at radius 1 is 1.19 bits per heavy atom. The van der Waals surface area contributed by atoms with Crippen LogP contribution in [0.4, 0.5) is 5.69 Å². The van der Waals surface area contributed by atoms with E-state index in [-0.39, 0.29) is 17.9 Å². The van der Waals surface area contributed by atoms with Gasteiger partial charge in [0.05, 0.1) is 24.1 Å². The van der Waals surface area contributed by atoms with Crippen molar-refractivity contribution in [3.8, 4) is 0 Å². The number of carboxylic acid groups (broad SMARTS) is 1. The summed E-state index contributed by atoms with van der Waals surface area (Å²) in [6.07, 6.45) is 2.64. The molecule has 0 bridgehead atoms. The van der Waals surface area contributed by atoms with Crippen molar-refractivity contribution >= 4 is 17.6 Å². The van der Waals surface area contributed by atoms with E-state index in [9.17, 15) is 9.59 Å². The van der Waals surface area contributed by atoms with E-state index in [2.05, 4.69) is 10.3 Å². The lowest BCUT2D eigenvalue weighted by atomic mass is 10.2. The minimum Gasteiger partial charge on any atom is -0.478 e. The van der Waals surface area contributed by atoms with Gasteiger partial charge in [0.15, 0.2) is 0 Å². The van der Waals surface area contributed by atoms with Gasteiger partial charge in [-0.3, -0.25) is 9.78 Å². The molecule has 2 rings (SSSR count). The predicted molar refractivity (Wildman–Crippen MR) is 75.9 cm³/mol. The zero-order valence-electron chi connectivity index (χ0n) is 11.2. The molecule has 6 heteroatoms. The van der Waals surface area contributed by atoms with E-state index in [1.54, 1.807) is 0 Å². The van der Waals surface area contributed by atoms with Gasteiger partial charge in [-0.15, -0.1) is 0 Å². The van der Waals surface area contributed by atoms with Crippen LogP contribution in [0.1, 0.15) is 15.9 Å². The Kier molecular flexibility index (Phi) is 5.00. The number of nitrogens with one attached hydrogen (secondary N) is 1. The lowest BCUT2D eigenvalue weighted by Crippen LogP contribution is -2.20. The molecule has 0 fully saturated rings. The van der Waals surface area contributed by atoms with Crippen LogP contribution in [-0.2, 0) is 16.1 Å². The highest BCUT2D eigenvalue weighted by Gasteiger charge is 2.12. The van der Waals surface area contributed by atoms with E-state index in [1.165, 1.54) is 18.5 Å². The summed E-state index contributed by atoms with van der Waals surface area (Å²) < 4.78 is 5.27. The molecule has 0 radical (unpaired) electrons. The molecule has 1 aromatic heterocycles. The minimum atomic E-state index is -1.13. The molecule has 0 spiro atoms.